The molecule has 74 valence electrons. The third-order valence-electron chi connectivity index (χ3n) is 2.57. The SMILES string of the molecule is CN(c1ccc[nH]1)C(C)(C)CCO. The predicted octanol–water partition coefficient (Wildman–Crippen LogP) is 1.61. The summed E-state index contributed by atoms with van der Waals surface area (Å²) in [5, 5.41) is 8.91. The Morgan fingerprint density at radius 2 is 2.23 bits per heavy atom. The summed E-state index contributed by atoms with van der Waals surface area (Å²) in [6, 6.07) is 4.00. The van der Waals surface area contributed by atoms with Crippen LogP contribution in [0, 0.1) is 0 Å². The minimum atomic E-state index is -0.0143. The van der Waals surface area contributed by atoms with Crippen molar-refractivity contribution in [3.63, 3.8) is 0 Å². The van der Waals surface area contributed by atoms with Crippen LogP contribution >= 0.6 is 0 Å². The molecule has 0 aliphatic heterocycles. The maximum atomic E-state index is 8.91. The number of aromatic nitrogens is 1. The highest BCUT2D eigenvalue weighted by atomic mass is 16.3. The quantitative estimate of drug-likeness (QED) is 0.742. The smallest absolute Gasteiger partial charge is 0.105 e. The van der Waals surface area contributed by atoms with Crippen LogP contribution in [0.25, 0.3) is 0 Å². The van der Waals surface area contributed by atoms with Gasteiger partial charge in [-0.1, -0.05) is 0 Å². The van der Waals surface area contributed by atoms with Crippen molar-refractivity contribution in [3.8, 4) is 0 Å². The van der Waals surface area contributed by atoms with Gasteiger partial charge in [0.2, 0.25) is 0 Å². The van der Waals surface area contributed by atoms with E-state index in [0.29, 0.717) is 0 Å². The van der Waals surface area contributed by atoms with Crippen molar-refractivity contribution < 1.29 is 5.11 Å². The largest absolute Gasteiger partial charge is 0.396 e. The molecular formula is C10H18N2O. The van der Waals surface area contributed by atoms with E-state index < -0.39 is 0 Å². The van der Waals surface area contributed by atoms with E-state index in [1.54, 1.807) is 0 Å². The summed E-state index contributed by atoms with van der Waals surface area (Å²) in [7, 11) is 2.03. The highest BCUT2D eigenvalue weighted by molar-refractivity contribution is 5.40. The first-order valence-corrected chi connectivity index (χ1v) is 4.56. The lowest BCUT2D eigenvalue weighted by Crippen LogP contribution is -2.42. The highest BCUT2D eigenvalue weighted by Gasteiger charge is 2.23. The second-order valence-corrected chi connectivity index (χ2v) is 3.90. The average molecular weight is 182 g/mol. The van der Waals surface area contributed by atoms with Crippen LogP contribution in [-0.2, 0) is 0 Å². The lowest BCUT2D eigenvalue weighted by Gasteiger charge is -2.36. The van der Waals surface area contributed by atoms with Crippen LogP contribution in [0.15, 0.2) is 18.3 Å². The summed E-state index contributed by atoms with van der Waals surface area (Å²) in [6.07, 6.45) is 2.67. The first-order valence-electron chi connectivity index (χ1n) is 4.56. The molecule has 0 saturated heterocycles. The van der Waals surface area contributed by atoms with Gasteiger partial charge >= 0.3 is 0 Å². The van der Waals surface area contributed by atoms with Crippen LogP contribution < -0.4 is 4.90 Å². The first-order chi connectivity index (χ1) is 6.08. The zero-order valence-corrected chi connectivity index (χ0v) is 8.54. The topological polar surface area (TPSA) is 39.3 Å². The summed E-state index contributed by atoms with van der Waals surface area (Å²) < 4.78 is 0. The number of nitrogens with one attached hydrogen (secondary N) is 1. The summed E-state index contributed by atoms with van der Waals surface area (Å²) in [5.41, 5.74) is -0.0143. The normalized spacial score (nSPS) is 11.7. The van der Waals surface area contributed by atoms with Crippen molar-refractivity contribution in [2.75, 3.05) is 18.6 Å². The van der Waals surface area contributed by atoms with E-state index in [4.69, 9.17) is 5.11 Å². The monoisotopic (exact) mass is 182 g/mol. The van der Waals surface area contributed by atoms with Crippen molar-refractivity contribution in [1.29, 1.82) is 0 Å². The van der Waals surface area contributed by atoms with Crippen molar-refractivity contribution in [2.24, 2.45) is 0 Å². The Balaban J connectivity index is 2.71. The molecule has 1 heterocycles. The van der Waals surface area contributed by atoms with Gasteiger partial charge in [0.25, 0.3) is 0 Å². The van der Waals surface area contributed by atoms with Crippen LogP contribution in [0.4, 0.5) is 5.82 Å². The van der Waals surface area contributed by atoms with Gasteiger partial charge < -0.3 is 15.0 Å². The van der Waals surface area contributed by atoms with E-state index in [9.17, 15) is 0 Å². The van der Waals surface area contributed by atoms with E-state index in [-0.39, 0.29) is 12.1 Å². The van der Waals surface area contributed by atoms with E-state index in [0.717, 1.165) is 12.2 Å². The Hall–Kier alpha value is -0.960. The lowest BCUT2D eigenvalue weighted by atomic mass is 9.99. The zero-order chi connectivity index (χ0) is 9.90. The maximum Gasteiger partial charge on any atom is 0.105 e. The first kappa shape index (κ1) is 10.1. The zero-order valence-electron chi connectivity index (χ0n) is 8.54. The molecule has 1 rings (SSSR count). The van der Waals surface area contributed by atoms with Gasteiger partial charge in [-0.05, 0) is 32.4 Å². The molecule has 0 amide bonds. The van der Waals surface area contributed by atoms with E-state index in [1.165, 1.54) is 0 Å². The fraction of sp³-hybridized carbons (Fsp3) is 0.600. The molecular weight excluding hydrogens is 164 g/mol. The third kappa shape index (κ3) is 2.25. The number of hydrogen-bond donors (Lipinski definition) is 2. The molecule has 13 heavy (non-hydrogen) atoms. The van der Waals surface area contributed by atoms with Crippen molar-refractivity contribution >= 4 is 5.82 Å². The van der Waals surface area contributed by atoms with Crippen LogP contribution in [0.5, 0.6) is 0 Å². The van der Waals surface area contributed by atoms with Gasteiger partial charge in [0.05, 0.1) is 0 Å². The van der Waals surface area contributed by atoms with Gasteiger partial charge in [-0.25, -0.2) is 0 Å². The lowest BCUT2D eigenvalue weighted by molar-refractivity contribution is 0.250. The Bertz CT molecular complexity index is 241. The summed E-state index contributed by atoms with van der Waals surface area (Å²) in [5.74, 6) is 1.08. The molecule has 0 saturated carbocycles. The number of nitrogens with zero attached hydrogens (tertiary/aromatic N) is 1. The number of hydrogen-bond acceptors (Lipinski definition) is 2. The summed E-state index contributed by atoms with van der Waals surface area (Å²) in [6.45, 7) is 4.45. The van der Waals surface area contributed by atoms with Gasteiger partial charge in [-0.15, -0.1) is 0 Å². The Morgan fingerprint density at radius 3 is 2.69 bits per heavy atom. The molecule has 0 aliphatic carbocycles. The minimum Gasteiger partial charge on any atom is -0.396 e. The van der Waals surface area contributed by atoms with Crippen molar-refractivity contribution in [1.82, 2.24) is 4.98 Å². The molecule has 2 N–H and O–H groups in total. The van der Waals surface area contributed by atoms with Crippen LogP contribution in [-0.4, -0.2) is 29.3 Å². The second kappa shape index (κ2) is 3.83. The number of anilines is 1. The van der Waals surface area contributed by atoms with Crippen molar-refractivity contribution in [2.45, 2.75) is 25.8 Å². The number of aromatic amines is 1. The fourth-order valence-electron chi connectivity index (χ4n) is 1.30. The van der Waals surface area contributed by atoms with Crippen LogP contribution in [0.2, 0.25) is 0 Å². The second-order valence-electron chi connectivity index (χ2n) is 3.90. The standard InChI is InChI=1S/C10H18N2O/c1-10(2,6-8-13)12(3)9-5-4-7-11-9/h4-5,7,11,13H,6,8H2,1-3H3. The average Bonchev–Trinajstić information content (AvgIpc) is 2.54. The molecule has 0 atom stereocenters. The van der Waals surface area contributed by atoms with Gasteiger partial charge in [0.15, 0.2) is 0 Å². The van der Waals surface area contributed by atoms with Crippen LogP contribution in [0.1, 0.15) is 20.3 Å². The molecule has 0 bridgehead atoms. The Kier molecular flexibility index (Phi) is 2.98. The molecule has 0 unspecified atom stereocenters. The highest BCUT2D eigenvalue weighted by Crippen LogP contribution is 2.22. The Labute approximate surface area is 79.4 Å². The van der Waals surface area contributed by atoms with E-state index in [2.05, 4.69) is 23.7 Å². The van der Waals surface area contributed by atoms with Crippen LogP contribution in [0.3, 0.4) is 0 Å². The molecule has 1 aromatic heterocycles. The molecule has 1 aromatic rings. The predicted molar refractivity (Wildman–Crippen MR) is 55.0 cm³/mol. The molecule has 0 aliphatic rings. The molecule has 0 aromatic carbocycles. The van der Waals surface area contributed by atoms with E-state index >= 15 is 0 Å². The molecule has 3 heteroatoms. The maximum absolute atomic E-state index is 8.91. The van der Waals surface area contributed by atoms with Gasteiger partial charge in [-0.2, -0.15) is 0 Å². The molecule has 0 radical (unpaired) electrons. The van der Waals surface area contributed by atoms with Gasteiger partial charge in [0, 0.05) is 25.4 Å². The Morgan fingerprint density at radius 1 is 1.54 bits per heavy atom. The number of H-pyrrole nitrogens is 1. The number of aliphatic hydroxyl groups is 1. The molecule has 0 fully saturated rings. The molecule has 0 spiro atoms. The number of rotatable bonds is 4. The number of aliphatic hydroxyl groups excluding tert-OH is 1. The van der Waals surface area contributed by atoms with E-state index in [1.807, 2.05) is 25.4 Å². The third-order valence-corrected chi connectivity index (χ3v) is 2.57. The summed E-state index contributed by atoms with van der Waals surface area (Å²) in [4.78, 5) is 5.29. The minimum absolute atomic E-state index is 0.0143. The molecule has 3 nitrogen and oxygen atoms in total. The summed E-state index contributed by atoms with van der Waals surface area (Å²) >= 11 is 0. The van der Waals surface area contributed by atoms with Gasteiger partial charge in [0.1, 0.15) is 5.82 Å². The fourth-order valence-corrected chi connectivity index (χ4v) is 1.30. The van der Waals surface area contributed by atoms with Crippen molar-refractivity contribution in [3.05, 3.63) is 18.3 Å². The van der Waals surface area contributed by atoms with Gasteiger partial charge in [-0.3, -0.25) is 0 Å².